The molecule has 0 radical (unpaired) electrons. The number of aliphatic hydroxyl groups is 1. The molecule has 0 saturated carbocycles. The number of carbonyl (C=O) groups excluding carboxylic acids is 1. The summed E-state index contributed by atoms with van der Waals surface area (Å²) in [6, 6.07) is 11.4. The number of anilines is 2. The van der Waals surface area contributed by atoms with Crippen LogP contribution in [0.25, 0.3) is 11.0 Å². The van der Waals surface area contributed by atoms with Gasteiger partial charge in [-0.2, -0.15) is 0 Å². The van der Waals surface area contributed by atoms with Gasteiger partial charge in [-0.1, -0.05) is 20.8 Å². The number of aromatic nitrogens is 2. The van der Waals surface area contributed by atoms with Crippen molar-refractivity contribution >= 4 is 38.3 Å². The lowest BCUT2D eigenvalue weighted by atomic mass is 9.94. The lowest BCUT2D eigenvalue weighted by Crippen LogP contribution is -2.26. The summed E-state index contributed by atoms with van der Waals surface area (Å²) in [7, 11) is -2.33. The van der Waals surface area contributed by atoms with Crippen LogP contribution in [0.15, 0.2) is 47.4 Å². The number of rotatable bonds is 7. The number of benzene rings is 2. The fourth-order valence-corrected chi connectivity index (χ4v) is 5.65. The Morgan fingerprint density at radius 3 is 2.44 bits per heavy atom. The Hall–Kier alpha value is -2.95. The predicted octanol–water partition coefficient (Wildman–Crippen LogP) is 3.52. The zero-order chi connectivity index (χ0) is 26.1. The lowest BCUT2D eigenvalue weighted by Gasteiger charge is -2.26. The maximum Gasteiger partial charge on any atom is 0.264 e. The van der Waals surface area contributed by atoms with E-state index in [-0.39, 0.29) is 10.3 Å². The van der Waals surface area contributed by atoms with Crippen LogP contribution in [0.5, 0.6) is 0 Å². The smallest absolute Gasteiger partial charge is 0.264 e. The van der Waals surface area contributed by atoms with Crippen molar-refractivity contribution in [1.29, 1.82) is 0 Å². The number of hydrogen-bond acceptors (Lipinski definition) is 6. The minimum atomic E-state index is -3.84. The number of amides is 1. The van der Waals surface area contributed by atoms with Gasteiger partial charge in [0.1, 0.15) is 12.4 Å². The highest BCUT2D eigenvalue weighted by Gasteiger charge is 2.27. The highest BCUT2D eigenvalue weighted by Crippen LogP contribution is 2.32. The fourth-order valence-electron chi connectivity index (χ4n) is 4.47. The Labute approximate surface area is 212 Å². The van der Waals surface area contributed by atoms with Crippen molar-refractivity contribution in [2.75, 3.05) is 36.5 Å². The van der Waals surface area contributed by atoms with Gasteiger partial charge in [0.25, 0.3) is 10.0 Å². The second-order valence-corrected chi connectivity index (χ2v) is 12.2. The zero-order valence-corrected chi connectivity index (χ0v) is 22.0. The maximum atomic E-state index is 13.3. The average molecular weight is 515 g/mol. The van der Waals surface area contributed by atoms with E-state index in [1.807, 2.05) is 18.2 Å². The zero-order valence-electron chi connectivity index (χ0n) is 21.2. The molecule has 1 aromatic heterocycles. The van der Waals surface area contributed by atoms with E-state index >= 15 is 0 Å². The molecule has 10 heteroatoms. The topological polar surface area (TPSA) is 114 Å². The summed E-state index contributed by atoms with van der Waals surface area (Å²) in [6.45, 7) is 8.19. The molecular formula is C26H34N4O5S. The summed E-state index contributed by atoms with van der Waals surface area (Å²) in [5, 5.41) is 11.4. The van der Waals surface area contributed by atoms with Gasteiger partial charge >= 0.3 is 0 Å². The van der Waals surface area contributed by atoms with Crippen molar-refractivity contribution in [1.82, 2.24) is 9.55 Å². The van der Waals surface area contributed by atoms with Crippen molar-refractivity contribution in [3.8, 4) is 0 Å². The van der Waals surface area contributed by atoms with Gasteiger partial charge in [0.2, 0.25) is 5.91 Å². The van der Waals surface area contributed by atoms with Crippen molar-refractivity contribution < 1.29 is 23.1 Å². The van der Waals surface area contributed by atoms with E-state index in [1.54, 1.807) is 0 Å². The maximum absolute atomic E-state index is 13.3. The lowest BCUT2D eigenvalue weighted by molar-refractivity contribution is -0.118. The normalized spacial score (nSPS) is 15.2. The second kappa shape index (κ2) is 10.2. The average Bonchev–Trinajstić information content (AvgIpc) is 3.22. The number of fused-ring (bicyclic) bond motifs is 1. The van der Waals surface area contributed by atoms with Gasteiger partial charge in [-0.05, 0) is 61.2 Å². The summed E-state index contributed by atoms with van der Waals surface area (Å²) >= 11 is 0. The van der Waals surface area contributed by atoms with Crippen molar-refractivity contribution in [2.45, 2.75) is 50.5 Å². The first-order chi connectivity index (χ1) is 17.0. The molecule has 4 rings (SSSR count). The molecule has 1 fully saturated rings. The SMILES string of the molecule is CN(c1ccc2c(c1)nc(C(C)(C)C)n2CC1CCOCC1)S(=O)(=O)c1ccc(NC(=O)CO)cc1. The Kier molecular flexibility index (Phi) is 7.40. The molecule has 1 aliphatic heterocycles. The van der Waals surface area contributed by atoms with Gasteiger partial charge in [-0.3, -0.25) is 9.10 Å². The number of aliphatic hydroxyl groups excluding tert-OH is 1. The molecule has 1 aliphatic rings. The summed E-state index contributed by atoms with van der Waals surface area (Å²) in [5.41, 5.74) is 2.49. The molecule has 1 amide bonds. The number of ether oxygens (including phenoxy) is 1. The molecular weight excluding hydrogens is 480 g/mol. The fraction of sp³-hybridized carbons (Fsp3) is 0.462. The first-order valence-corrected chi connectivity index (χ1v) is 13.5. The van der Waals surface area contributed by atoms with E-state index in [0.29, 0.717) is 17.3 Å². The third-order valence-corrected chi connectivity index (χ3v) is 8.29. The van der Waals surface area contributed by atoms with Crippen molar-refractivity contribution in [2.24, 2.45) is 5.92 Å². The molecule has 3 aromatic rings. The number of hydrogen-bond donors (Lipinski definition) is 2. The molecule has 0 aliphatic carbocycles. The molecule has 2 N–H and O–H groups in total. The predicted molar refractivity (Wildman–Crippen MR) is 140 cm³/mol. The number of carbonyl (C=O) groups is 1. The van der Waals surface area contributed by atoms with Gasteiger partial charge in [0.05, 0.1) is 21.6 Å². The van der Waals surface area contributed by atoms with Crippen LogP contribution in [0, 0.1) is 5.92 Å². The first kappa shape index (κ1) is 26.1. The summed E-state index contributed by atoms with van der Waals surface area (Å²) in [5.74, 6) is 0.930. The standard InChI is InChI=1S/C26H34N4O5S/c1-26(2,3)25-28-22-15-20(7-10-23(22)30(25)16-18-11-13-35-14-12-18)29(4)36(33,34)21-8-5-19(6-9-21)27-24(32)17-31/h5-10,15,18,31H,11-14,16-17H2,1-4H3,(H,27,32). The number of nitrogens with one attached hydrogen (secondary N) is 1. The summed E-state index contributed by atoms with van der Waals surface area (Å²) < 4.78 is 35.7. The Balaban J connectivity index is 1.65. The van der Waals surface area contributed by atoms with Gasteiger partial charge < -0.3 is 19.7 Å². The van der Waals surface area contributed by atoms with E-state index < -0.39 is 22.5 Å². The number of nitrogens with zero attached hydrogens (tertiary/aromatic N) is 3. The third-order valence-electron chi connectivity index (χ3n) is 6.49. The van der Waals surface area contributed by atoms with Crippen LogP contribution in [-0.2, 0) is 31.5 Å². The van der Waals surface area contributed by atoms with Gasteiger partial charge in [-0.25, -0.2) is 13.4 Å². The third kappa shape index (κ3) is 5.40. The van der Waals surface area contributed by atoms with E-state index in [0.717, 1.165) is 49.5 Å². The minimum Gasteiger partial charge on any atom is -0.387 e. The van der Waals surface area contributed by atoms with Gasteiger partial charge in [0, 0.05) is 37.9 Å². The highest BCUT2D eigenvalue weighted by atomic mass is 32.2. The van der Waals surface area contributed by atoms with Crippen molar-refractivity contribution in [3.63, 3.8) is 0 Å². The number of sulfonamides is 1. The van der Waals surface area contributed by atoms with E-state index in [2.05, 4.69) is 30.7 Å². The first-order valence-electron chi connectivity index (χ1n) is 12.1. The van der Waals surface area contributed by atoms with Gasteiger partial charge in [0.15, 0.2) is 0 Å². The van der Waals surface area contributed by atoms with E-state index in [4.69, 9.17) is 14.8 Å². The molecule has 36 heavy (non-hydrogen) atoms. The molecule has 2 aromatic carbocycles. The molecule has 9 nitrogen and oxygen atoms in total. The van der Waals surface area contributed by atoms with Crippen LogP contribution >= 0.6 is 0 Å². The molecule has 0 spiro atoms. The largest absolute Gasteiger partial charge is 0.387 e. The summed E-state index contributed by atoms with van der Waals surface area (Å²) in [6.07, 6.45) is 2.04. The van der Waals surface area contributed by atoms with Gasteiger partial charge in [-0.15, -0.1) is 0 Å². The highest BCUT2D eigenvalue weighted by molar-refractivity contribution is 7.92. The van der Waals surface area contributed by atoms with E-state index in [9.17, 15) is 13.2 Å². The van der Waals surface area contributed by atoms with Crippen LogP contribution in [0.1, 0.15) is 39.4 Å². The quantitative estimate of drug-likeness (QED) is 0.499. The Bertz CT molecular complexity index is 1340. The monoisotopic (exact) mass is 514 g/mol. The molecule has 1 saturated heterocycles. The molecule has 194 valence electrons. The van der Waals surface area contributed by atoms with Crippen LogP contribution in [0.3, 0.4) is 0 Å². The van der Waals surface area contributed by atoms with Crippen LogP contribution in [-0.4, -0.2) is 55.9 Å². The second-order valence-electron chi connectivity index (χ2n) is 10.2. The minimum absolute atomic E-state index is 0.0903. The van der Waals surface area contributed by atoms with Crippen molar-refractivity contribution in [3.05, 3.63) is 48.3 Å². The molecule has 0 bridgehead atoms. The van der Waals surface area contributed by atoms with Crippen LogP contribution in [0.4, 0.5) is 11.4 Å². The molecule has 0 atom stereocenters. The Morgan fingerprint density at radius 1 is 1.17 bits per heavy atom. The van der Waals surface area contributed by atoms with E-state index in [1.165, 1.54) is 35.6 Å². The molecule has 0 unspecified atom stereocenters. The van der Waals surface area contributed by atoms with Crippen LogP contribution < -0.4 is 9.62 Å². The molecule has 2 heterocycles. The number of imidazole rings is 1. The van der Waals surface area contributed by atoms with Crippen LogP contribution in [0.2, 0.25) is 0 Å². The Morgan fingerprint density at radius 2 is 1.83 bits per heavy atom. The summed E-state index contributed by atoms with van der Waals surface area (Å²) in [4.78, 5) is 16.4.